The standard InChI is InChI=1S/C20H41NO/c1-19(2,3)18(22)16-14-12-10-8-7-9-11-13-15-17-21-20(4,5)6/h21H,7-17H2,1-6H3. The predicted octanol–water partition coefficient (Wildman–Crippen LogP) is 5.89. The summed E-state index contributed by atoms with van der Waals surface area (Å²) in [5.41, 5.74) is 0.107. The fourth-order valence-electron chi connectivity index (χ4n) is 2.49. The van der Waals surface area contributed by atoms with Gasteiger partial charge >= 0.3 is 0 Å². The van der Waals surface area contributed by atoms with Crippen molar-refractivity contribution >= 4 is 5.78 Å². The highest BCUT2D eigenvalue weighted by Crippen LogP contribution is 2.19. The number of carbonyl (C=O) groups is 1. The third-order valence-corrected chi connectivity index (χ3v) is 4.07. The summed E-state index contributed by atoms with van der Waals surface area (Å²) in [6.45, 7) is 13.9. The second kappa shape index (κ2) is 11.2. The van der Waals surface area contributed by atoms with E-state index in [1.54, 1.807) is 0 Å². The number of nitrogens with one attached hydrogen (secondary N) is 1. The molecule has 1 N–H and O–H groups in total. The van der Waals surface area contributed by atoms with Crippen molar-refractivity contribution in [1.29, 1.82) is 0 Å². The predicted molar refractivity (Wildman–Crippen MR) is 98.4 cm³/mol. The van der Waals surface area contributed by atoms with Crippen molar-refractivity contribution in [3.63, 3.8) is 0 Å². The Bertz CT molecular complexity index is 283. The van der Waals surface area contributed by atoms with E-state index in [0.717, 1.165) is 19.4 Å². The first-order valence-corrected chi connectivity index (χ1v) is 9.41. The molecule has 0 saturated carbocycles. The monoisotopic (exact) mass is 311 g/mol. The van der Waals surface area contributed by atoms with Crippen LogP contribution in [0.15, 0.2) is 0 Å². The van der Waals surface area contributed by atoms with E-state index in [-0.39, 0.29) is 11.0 Å². The molecule has 0 radical (unpaired) electrons. The van der Waals surface area contributed by atoms with Gasteiger partial charge in [-0.05, 0) is 40.2 Å². The molecule has 132 valence electrons. The minimum atomic E-state index is -0.151. The summed E-state index contributed by atoms with van der Waals surface area (Å²) >= 11 is 0. The molecular formula is C20H41NO. The number of Topliss-reactive ketones (excluding diaryl/α,β-unsaturated/α-hetero) is 1. The van der Waals surface area contributed by atoms with Crippen molar-refractivity contribution < 1.29 is 4.79 Å². The van der Waals surface area contributed by atoms with E-state index in [9.17, 15) is 4.79 Å². The van der Waals surface area contributed by atoms with Crippen LogP contribution in [0.1, 0.15) is 106 Å². The molecule has 0 saturated heterocycles. The zero-order chi connectivity index (χ0) is 17.1. The van der Waals surface area contributed by atoms with E-state index >= 15 is 0 Å². The van der Waals surface area contributed by atoms with Gasteiger partial charge in [0.15, 0.2) is 0 Å². The normalized spacial score (nSPS) is 12.6. The van der Waals surface area contributed by atoms with Crippen LogP contribution in [0.25, 0.3) is 0 Å². The van der Waals surface area contributed by atoms with E-state index in [2.05, 4.69) is 26.1 Å². The maximum absolute atomic E-state index is 11.8. The maximum Gasteiger partial charge on any atom is 0.138 e. The average Bonchev–Trinajstić information content (AvgIpc) is 2.37. The summed E-state index contributed by atoms with van der Waals surface area (Å²) in [5, 5.41) is 3.54. The molecule has 0 aliphatic heterocycles. The summed E-state index contributed by atoms with van der Waals surface area (Å²) in [7, 11) is 0. The highest BCUT2D eigenvalue weighted by molar-refractivity contribution is 5.83. The van der Waals surface area contributed by atoms with Gasteiger partial charge in [-0.2, -0.15) is 0 Å². The number of rotatable bonds is 12. The smallest absolute Gasteiger partial charge is 0.138 e. The van der Waals surface area contributed by atoms with E-state index in [1.165, 1.54) is 51.4 Å². The lowest BCUT2D eigenvalue weighted by molar-refractivity contribution is -0.126. The summed E-state index contributed by atoms with van der Waals surface area (Å²) in [5.74, 6) is 0.413. The van der Waals surface area contributed by atoms with Gasteiger partial charge in [0.25, 0.3) is 0 Å². The molecule has 0 aromatic carbocycles. The Labute approximate surface area is 139 Å². The molecule has 0 aliphatic carbocycles. The van der Waals surface area contributed by atoms with Gasteiger partial charge in [0.1, 0.15) is 5.78 Å². The van der Waals surface area contributed by atoms with E-state index < -0.39 is 0 Å². The Kier molecular flexibility index (Phi) is 11.0. The molecule has 0 aliphatic rings. The molecule has 0 unspecified atom stereocenters. The molecule has 2 heteroatoms. The van der Waals surface area contributed by atoms with Gasteiger partial charge in [-0.15, -0.1) is 0 Å². The zero-order valence-corrected chi connectivity index (χ0v) is 16.2. The van der Waals surface area contributed by atoms with Crippen LogP contribution in [-0.2, 0) is 4.79 Å². The lowest BCUT2D eigenvalue weighted by Gasteiger charge is -2.20. The van der Waals surface area contributed by atoms with Gasteiger partial charge in [-0.3, -0.25) is 4.79 Å². The molecule has 22 heavy (non-hydrogen) atoms. The molecule has 0 aromatic heterocycles. The number of hydrogen-bond acceptors (Lipinski definition) is 2. The van der Waals surface area contributed by atoms with Crippen LogP contribution in [0.5, 0.6) is 0 Å². The van der Waals surface area contributed by atoms with E-state index in [4.69, 9.17) is 0 Å². The molecule has 0 atom stereocenters. The van der Waals surface area contributed by atoms with Crippen LogP contribution >= 0.6 is 0 Å². The van der Waals surface area contributed by atoms with Crippen LogP contribution in [0, 0.1) is 5.41 Å². The minimum Gasteiger partial charge on any atom is -0.312 e. The average molecular weight is 312 g/mol. The lowest BCUT2D eigenvalue weighted by Crippen LogP contribution is -2.36. The van der Waals surface area contributed by atoms with Crippen molar-refractivity contribution in [2.45, 2.75) is 111 Å². The first-order chi connectivity index (χ1) is 10.1. The summed E-state index contributed by atoms with van der Waals surface area (Å²) in [6, 6.07) is 0. The van der Waals surface area contributed by atoms with Crippen molar-refractivity contribution in [3.8, 4) is 0 Å². The van der Waals surface area contributed by atoms with Crippen LogP contribution in [0.4, 0.5) is 0 Å². The highest BCUT2D eigenvalue weighted by Gasteiger charge is 2.19. The van der Waals surface area contributed by atoms with Gasteiger partial charge in [0.05, 0.1) is 0 Å². The quantitative estimate of drug-likeness (QED) is 0.455. The van der Waals surface area contributed by atoms with Crippen molar-refractivity contribution in [1.82, 2.24) is 5.32 Å². The molecule has 0 spiro atoms. The largest absolute Gasteiger partial charge is 0.312 e. The highest BCUT2D eigenvalue weighted by atomic mass is 16.1. The molecule has 2 nitrogen and oxygen atoms in total. The lowest BCUT2D eigenvalue weighted by atomic mass is 9.88. The van der Waals surface area contributed by atoms with Crippen molar-refractivity contribution in [2.24, 2.45) is 5.41 Å². The first kappa shape index (κ1) is 21.6. The van der Waals surface area contributed by atoms with Crippen LogP contribution in [-0.4, -0.2) is 17.9 Å². The van der Waals surface area contributed by atoms with Gasteiger partial charge in [0, 0.05) is 17.4 Å². The van der Waals surface area contributed by atoms with Crippen molar-refractivity contribution in [2.75, 3.05) is 6.54 Å². The molecular weight excluding hydrogens is 270 g/mol. The van der Waals surface area contributed by atoms with Gasteiger partial charge in [0.2, 0.25) is 0 Å². The van der Waals surface area contributed by atoms with Crippen LogP contribution < -0.4 is 5.32 Å². The summed E-state index contributed by atoms with van der Waals surface area (Å²) < 4.78 is 0. The Morgan fingerprint density at radius 3 is 1.50 bits per heavy atom. The third kappa shape index (κ3) is 14.6. The number of carbonyl (C=O) groups excluding carboxylic acids is 1. The molecule has 0 fully saturated rings. The number of hydrogen-bond donors (Lipinski definition) is 1. The first-order valence-electron chi connectivity index (χ1n) is 9.41. The second-order valence-electron chi connectivity index (χ2n) is 8.78. The molecule has 0 heterocycles. The number of unbranched alkanes of at least 4 members (excludes halogenated alkanes) is 8. The fourth-order valence-corrected chi connectivity index (χ4v) is 2.49. The summed E-state index contributed by atoms with van der Waals surface area (Å²) in [6.07, 6.45) is 12.4. The van der Waals surface area contributed by atoms with Crippen LogP contribution in [0.2, 0.25) is 0 Å². The Morgan fingerprint density at radius 1 is 0.682 bits per heavy atom. The molecule has 0 bridgehead atoms. The summed E-state index contributed by atoms with van der Waals surface area (Å²) in [4.78, 5) is 11.8. The maximum atomic E-state index is 11.8. The molecule has 0 amide bonds. The fraction of sp³-hybridized carbons (Fsp3) is 0.950. The third-order valence-electron chi connectivity index (χ3n) is 4.07. The molecule has 0 rings (SSSR count). The molecule has 0 aromatic rings. The number of ketones is 1. The van der Waals surface area contributed by atoms with E-state index in [1.807, 2.05) is 20.8 Å². The van der Waals surface area contributed by atoms with Crippen LogP contribution in [0.3, 0.4) is 0 Å². The topological polar surface area (TPSA) is 29.1 Å². The zero-order valence-electron chi connectivity index (χ0n) is 16.2. The van der Waals surface area contributed by atoms with Gasteiger partial charge in [-0.1, -0.05) is 65.7 Å². The Hall–Kier alpha value is -0.370. The van der Waals surface area contributed by atoms with Crippen molar-refractivity contribution in [3.05, 3.63) is 0 Å². The SMILES string of the molecule is CC(C)(C)NCCCCCCCCCCCC(=O)C(C)(C)C. The van der Waals surface area contributed by atoms with Gasteiger partial charge in [-0.25, -0.2) is 0 Å². The minimum absolute atomic E-state index is 0.151. The second-order valence-corrected chi connectivity index (χ2v) is 8.78. The Balaban J connectivity index is 3.23. The van der Waals surface area contributed by atoms with E-state index in [0.29, 0.717) is 5.78 Å². The Morgan fingerprint density at radius 2 is 1.09 bits per heavy atom. The van der Waals surface area contributed by atoms with Gasteiger partial charge < -0.3 is 5.32 Å².